The van der Waals surface area contributed by atoms with Crippen molar-refractivity contribution < 1.29 is 32.2 Å². The standard InChI is InChI=1S/C23H23F3N4O4/c1-33-16-11-15(12-17(13-16)34-2)21(32)29-9-7-28(8-10-29)20(31)14-30-19-6-4-3-5-18(19)27-22(30)23(24,25)26/h3-6,11-13H,7-10,14H2,1-2H3. The highest BCUT2D eigenvalue weighted by atomic mass is 19.4. The number of hydrogen-bond acceptors (Lipinski definition) is 5. The Bertz CT molecular complexity index is 1190. The Morgan fingerprint density at radius 2 is 1.53 bits per heavy atom. The maximum absolute atomic E-state index is 13.5. The number of carbonyl (C=O) groups excluding carboxylic acids is 2. The molecule has 11 heteroatoms. The number of amides is 2. The molecular formula is C23H23F3N4O4. The molecule has 180 valence electrons. The summed E-state index contributed by atoms with van der Waals surface area (Å²) in [5, 5.41) is 0. The van der Waals surface area contributed by atoms with Gasteiger partial charge in [0.15, 0.2) is 0 Å². The Morgan fingerprint density at radius 1 is 0.941 bits per heavy atom. The average Bonchev–Trinajstić information content (AvgIpc) is 3.22. The van der Waals surface area contributed by atoms with Crippen molar-refractivity contribution in [2.75, 3.05) is 40.4 Å². The summed E-state index contributed by atoms with van der Waals surface area (Å²) in [6.07, 6.45) is -4.69. The second-order valence-corrected chi connectivity index (χ2v) is 7.78. The Kier molecular flexibility index (Phi) is 6.36. The maximum atomic E-state index is 13.5. The lowest BCUT2D eigenvalue weighted by molar-refractivity contribution is -0.148. The molecule has 0 bridgehead atoms. The monoisotopic (exact) mass is 476 g/mol. The van der Waals surface area contributed by atoms with Gasteiger partial charge in [0.2, 0.25) is 11.7 Å². The highest BCUT2D eigenvalue weighted by molar-refractivity contribution is 5.95. The van der Waals surface area contributed by atoms with Crippen molar-refractivity contribution in [3.63, 3.8) is 0 Å². The van der Waals surface area contributed by atoms with E-state index in [4.69, 9.17) is 9.47 Å². The van der Waals surface area contributed by atoms with Gasteiger partial charge < -0.3 is 23.8 Å². The molecule has 0 aliphatic carbocycles. The summed E-state index contributed by atoms with van der Waals surface area (Å²) >= 11 is 0. The number of hydrogen-bond donors (Lipinski definition) is 0. The summed E-state index contributed by atoms with van der Waals surface area (Å²) in [5.41, 5.74) is 0.798. The van der Waals surface area contributed by atoms with E-state index in [1.165, 1.54) is 31.3 Å². The van der Waals surface area contributed by atoms with Crippen LogP contribution in [0.1, 0.15) is 16.2 Å². The minimum absolute atomic E-state index is 0.173. The molecule has 0 spiro atoms. The molecular weight excluding hydrogens is 453 g/mol. The number of rotatable bonds is 5. The van der Waals surface area contributed by atoms with Crippen molar-refractivity contribution in [2.24, 2.45) is 0 Å². The van der Waals surface area contributed by atoms with Gasteiger partial charge in [-0.15, -0.1) is 0 Å². The number of aromatic nitrogens is 2. The topological polar surface area (TPSA) is 76.9 Å². The van der Waals surface area contributed by atoms with Crippen LogP contribution in [-0.4, -0.2) is 71.6 Å². The maximum Gasteiger partial charge on any atom is 0.449 e. The second-order valence-electron chi connectivity index (χ2n) is 7.78. The normalized spacial score (nSPS) is 14.4. The van der Waals surface area contributed by atoms with Crippen LogP contribution >= 0.6 is 0 Å². The fourth-order valence-corrected chi connectivity index (χ4v) is 3.96. The van der Waals surface area contributed by atoms with Crippen molar-refractivity contribution >= 4 is 22.8 Å². The number of fused-ring (bicyclic) bond motifs is 1. The number of benzene rings is 2. The molecule has 2 aromatic carbocycles. The van der Waals surface area contributed by atoms with Crippen LogP contribution in [0.15, 0.2) is 42.5 Å². The number of halogens is 3. The molecule has 34 heavy (non-hydrogen) atoms. The van der Waals surface area contributed by atoms with Gasteiger partial charge in [0, 0.05) is 37.8 Å². The zero-order valence-electron chi connectivity index (χ0n) is 18.6. The van der Waals surface area contributed by atoms with Crippen LogP contribution in [0.4, 0.5) is 13.2 Å². The number of nitrogens with zero attached hydrogens (tertiary/aromatic N) is 4. The van der Waals surface area contributed by atoms with E-state index in [1.807, 2.05) is 0 Å². The van der Waals surface area contributed by atoms with Gasteiger partial charge in [-0.2, -0.15) is 13.2 Å². The van der Waals surface area contributed by atoms with Gasteiger partial charge in [-0.3, -0.25) is 9.59 Å². The number of piperazine rings is 1. The van der Waals surface area contributed by atoms with E-state index in [0.29, 0.717) is 17.1 Å². The number of carbonyl (C=O) groups is 2. The molecule has 0 N–H and O–H groups in total. The molecule has 0 atom stereocenters. The minimum Gasteiger partial charge on any atom is -0.497 e. The summed E-state index contributed by atoms with van der Waals surface area (Å²) in [7, 11) is 2.97. The summed E-state index contributed by atoms with van der Waals surface area (Å²) in [4.78, 5) is 32.5. The zero-order chi connectivity index (χ0) is 24.5. The lowest BCUT2D eigenvalue weighted by atomic mass is 10.1. The molecule has 4 rings (SSSR count). The van der Waals surface area contributed by atoms with Gasteiger partial charge in [-0.1, -0.05) is 12.1 Å². The number of para-hydroxylation sites is 2. The third-order valence-corrected chi connectivity index (χ3v) is 5.72. The molecule has 0 radical (unpaired) electrons. The predicted molar refractivity (Wildman–Crippen MR) is 117 cm³/mol. The van der Waals surface area contributed by atoms with Crippen LogP contribution in [0, 0.1) is 0 Å². The Labute approximate surface area is 193 Å². The highest BCUT2D eigenvalue weighted by Crippen LogP contribution is 2.31. The number of ether oxygens (including phenoxy) is 2. The lowest BCUT2D eigenvalue weighted by Gasteiger charge is -2.35. The van der Waals surface area contributed by atoms with Crippen LogP contribution in [-0.2, 0) is 17.5 Å². The molecule has 1 fully saturated rings. The Balaban J connectivity index is 1.46. The third kappa shape index (κ3) is 4.63. The first-order valence-corrected chi connectivity index (χ1v) is 10.5. The SMILES string of the molecule is COc1cc(OC)cc(C(=O)N2CCN(C(=O)Cn3c(C(F)(F)F)nc4ccccc43)CC2)c1. The molecule has 1 aromatic heterocycles. The zero-order valence-corrected chi connectivity index (χ0v) is 18.6. The van der Waals surface area contributed by atoms with E-state index in [0.717, 1.165) is 4.57 Å². The number of imidazole rings is 1. The van der Waals surface area contributed by atoms with Gasteiger partial charge in [0.05, 0.1) is 25.3 Å². The van der Waals surface area contributed by atoms with Gasteiger partial charge >= 0.3 is 6.18 Å². The minimum atomic E-state index is -4.69. The van der Waals surface area contributed by atoms with E-state index in [2.05, 4.69) is 4.98 Å². The predicted octanol–water partition coefficient (Wildman–Crippen LogP) is 3.06. The van der Waals surface area contributed by atoms with Crippen LogP contribution in [0.3, 0.4) is 0 Å². The van der Waals surface area contributed by atoms with Crippen molar-refractivity contribution in [1.82, 2.24) is 19.4 Å². The number of methoxy groups -OCH3 is 2. The van der Waals surface area contributed by atoms with Crippen molar-refractivity contribution in [1.29, 1.82) is 0 Å². The second kappa shape index (κ2) is 9.24. The number of alkyl halides is 3. The van der Waals surface area contributed by atoms with E-state index in [9.17, 15) is 22.8 Å². The van der Waals surface area contributed by atoms with E-state index < -0.39 is 24.5 Å². The molecule has 2 heterocycles. The molecule has 0 unspecified atom stereocenters. The molecule has 1 aliphatic heterocycles. The van der Waals surface area contributed by atoms with E-state index >= 15 is 0 Å². The molecule has 0 saturated carbocycles. The first kappa shape index (κ1) is 23.4. The molecule has 8 nitrogen and oxygen atoms in total. The van der Waals surface area contributed by atoms with Crippen LogP contribution in [0.5, 0.6) is 11.5 Å². The molecule has 2 amide bonds. The molecule has 1 aliphatic rings. The van der Waals surface area contributed by atoms with Gasteiger partial charge in [-0.25, -0.2) is 4.98 Å². The summed E-state index contributed by atoms with van der Waals surface area (Å²) < 4.78 is 51.9. The third-order valence-electron chi connectivity index (χ3n) is 5.72. The van der Waals surface area contributed by atoms with Crippen LogP contribution in [0.25, 0.3) is 11.0 Å². The quantitative estimate of drug-likeness (QED) is 0.566. The lowest BCUT2D eigenvalue weighted by Crippen LogP contribution is -2.51. The van der Waals surface area contributed by atoms with Crippen molar-refractivity contribution in [2.45, 2.75) is 12.7 Å². The Hall–Kier alpha value is -3.76. The highest BCUT2D eigenvalue weighted by Gasteiger charge is 2.38. The van der Waals surface area contributed by atoms with Gasteiger partial charge in [0.1, 0.15) is 18.0 Å². The molecule has 1 saturated heterocycles. The summed E-state index contributed by atoms with van der Waals surface area (Å²) in [6.45, 7) is 0.428. The van der Waals surface area contributed by atoms with Gasteiger partial charge in [0.25, 0.3) is 5.91 Å². The van der Waals surface area contributed by atoms with E-state index in [-0.39, 0.29) is 43.1 Å². The largest absolute Gasteiger partial charge is 0.497 e. The van der Waals surface area contributed by atoms with E-state index in [1.54, 1.807) is 35.2 Å². The summed E-state index contributed by atoms with van der Waals surface area (Å²) in [6, 6.07) is 11.0. The average molecular weight is 476 g/mol. The fourth-order valence-electron chi connectivity index (χ4n) is 3.96. The fraction of sp³-hybridized carbons (Fsp3) is 0.348. The first-order valence-electron chi connectivity index (χ1n) is 10.5. The Morgan fingerprint density at radius 3 is 2.12 bits per heavy atom. The van der Waals surface area contributed by atoms with Gasteiger partial charge in [-0.05, 0) is 24.3 Å². The first-order chi connectivity index (χ1) is 16.2. The van der Waals surface area contributed by atoms with Crippen LogP contribution in [0.2, 0.25) is 0 Å². The van der Waals surface area contributed by atoms with Crippen molar-refractivity contribution in [3.05, 3.63) is 53.9 Å². The smallest absolute Gasteiger partial charge is 0.449 e. The van der Waals surface area contributed by atoms with Crippen molar-refractivity contribution in [3.8, 4) is 11.5 Å². The molecule has 3 aromatic rings. The summed E-state index contributed by atoms with van der Waals surface area (Å²) in [5.74, 6) is -0.870. The van der Waals surface area contributed by atoms with Crippen LogP contribution < -0.4 is 9.47 Å².